The summed E-state index contributed by atoms with van der Waals surface area (Å²) in [5.41, 5.74) is 0. The first-order valence-electron chi connectivity index (χ1n) is 5.18. The van der Waals surface area contributed by atoms with Gasteiger partial charge < -0.3 is 0 Å². The molecule has 0 amide bonds. The smallest absolute Gasteiger partial charge is 0.148 e. The zero-order chi connectivity index (χ0) is 12.7. The molecule has 0 saturated heterocycles. The monoisotopic (exact) mass is 292 g/mol. The molecule has 0 spiro atoms. The van der Waals surface area contributed by atoms with Crippen molar-refractivity contribution in [2.75, 3.05) is 29.3 Å². The summed E-state index contributed by atoms with van der Waals surface area (Å²) < 4.78 is 33.5. The van der Waals surface area contributed by atoms with Gasteiger partial charge >= 0.3 is 0 Å². The molecule has 1 atom stereocenters. The summed E-state index contributed by atoms with van der Waals surface area (Å²) in [6.45, 7) is 0. The Labute approximate surface area is 109 Å². The molecule has 1 rings (SSSR count). The lowest BCUT2D eigenvalue weighted by molar-refractivity contribution is 0.603. The normalized spacial score (nSPS) is 13.5. The average molecular weight is 292 g/mol. The summed E-state index contributed by atoms with van der Waals surface area (Å²) in [6.07, 6.45) is 1.23. The van der Waals surface area contributed by atoms with Crippen LogP contribution in [0.3, 0.4) is 0 Å². The van der Waals surface area contributed by atoms with Crippen LogP contribution < -0.4 is 0 Å². The van der Waals surface area contributed by atoms with Crippen molar-refractivity contribution in [1.29, 1.82) is 0 Å². The maximum absolute atomic E-state index is 11.8. The third kappa shape index (κ3) is 6.85. The average Bonchev–Trinajstić information content (AvgIpc) is 2.28. The third-order valence-electron chi connectivity index (χ3n) is 2.02. The van der Waals surface area contributed by atoms with Crippen LogP contribution in [0.4, 0.5) is 0 Å². The van der Waals surface area contributed by atoms with Crippen LogP contribution in [0.25, 0.3) is 0 Å². The Morgan fingerprint density at radius 2 is 1.82 bits per heavy atom. The first-order chi connectivity index (χ1) is 7.99. The van der Waals surface area contributed by atoms with Crippen molar-refractivity contribution in [1.82, 2.24) is 0 Å². The van der Waals surface area contributed by atoms with Crippen molar-refractivity contribution in [2.24, 2.45) is 0 Å². The van der Waals surface area contributed by atoms with Gasteiger partial charge in [0.1, 0.15) is 9.84 Å². The summed E-state index contributed by atoms with van der Waals surface area (Å²) in [7, 11) is -3.85. The molecule has 0 N–H and O–H groups in total. The van der Waals surface area contributed by atoms with Crippen LogP contribution in [0.2, 0.25) is 0 Å². The minimum Gasteiger partial charge on any atom is -0.254 e. The van der Waals surface area contributed by atoms with E-state index < -0.39 is 20.6 Å². The molecule has 1 aromatic rings. The fourth-order valence-corrected chi connectivity index (χ4v) is 4.80. The Kier molecular flexibility index (Phi) is 6.22. The fraction of sp³-hybridized carbons (Fsp3) is 0.455. The van der Waals surface area contributed by atoms with Crippen molar-refractivity contribution < 1.29 is 12.6 Å². The zero-order valence-electron chi connectivity index (χ0n) is 9.66. The maximum Gasteiger partial charge on any atom is 0.148 e. The lowest BCUT2D eigenvalue weighted by Gasteiger charge is -2.02. The van der Waals surface area contributed by atoms with Gasteiger partial charge in [-0.15, -0.1) is 0 Å². The van der Waals surface area contributed by atoms with E-state index in [-0.39, 0.29) is 5.75 Å². The van der Waals surface area contributed by atoms with Crippen molar-refractivity contribution in [2.45, 2.75) is 4.90 Å². The van der Waals surface area contributed by atoms with Crippen LogP contribution in [-0.2, 0) is 20.6 Å². The summed E-state index contributed by atoms with van der Waals surface area (Å²) >= 11 is 1.53. The van der Waals surface area contributed by atoms with Gasteiger partial charge in [0.05, 0.1) is 16.6 Å². The molecule has 0 unspecified atom stereocenters. The molecule has 0 aliphatic carbocycles. The Balaban J connectivity index is 2.22. The van der Waals surface area contributed by atoms with Crippen LogP contribution in [-0.4, -0.2) is 41.9 Å². The second kappa shape index (κ2) is 7.18. The van der Waals surface area contributed by atoms with E-state index in [1.54, 1.807) is 0 Å². The lowest BCUT2D eigenvalue weighted by atomic mass is 10.4. The predicted molar refractivity (Wildman–Crippen MR) is 74.8 cm³/mol. The van der Waals surface area contributed by atoms with Crippen LogP contribution >= 0.6 is 11.8 Å². The summed E-state index contributed by atoms with van der Waals surface area (Å²) in [6, 6.07) is 9.31. The highest BCUT2D eigenvalue weighted by molar-refractivity contribution is 8.01. The quantitative estimate of drug-likeness (QED) is 0.716. The van der Waals surface area contributed by atoms with E-state index in [1.165, 1.54) is 18.0 Å². The highest BCUT2D eigenvalue weighted by Crippen LogP contribution is 2.08. The highest BCUT2D eigenvalue weighted by Gasteiger charge is 2.04. The topological polar surface area (TPSA) is 51.2 Å². The van der Waals surface area contributed by atoms with Gasteiger partial charge in [0.25, 0.3) is 0 Å². The lowest BCUT2D eigenvalue weighted by Crippen LogP contribution is -2.07. The minimum atomic E-state index is -2.87. The summed E-state index contributed by atoms with van der Waals surface area (Å²) in [5.74, 6) is 2.05. The molecular weight excluding hydrogens is 276 g/mol. The molecule has 0 heterocycles. The van der Waals surface area contributed by atoms with Crippen LogP contribution in [0, 0.1) is 0 Å². The number of hydrogen-bond acceptors (Lipinski definition) is 4. The van der Waals surface area contributed by atoms with Gasteiger partial charge in [0.15, 0.2) is 0 Å². The van der Waals surface area contributed by atoms with Gasteiger partial charge in [-0.25, -0.2) is 8.42 Å². The predicted octanol–water partition coefficient (Wildman–Crippen LogP) is 1.57. The second-order valence-corrected chi connectivity index (χ2v) is 8.66. The molecule has 3 nitrogen and oxygen atoms in total. The summed E-state index contributed by atoms with van der Waals surface area (Å²) in [4.78, 5) is 0.830. The van der Waals surface area contributed by atoms with Crippen molar-refractivity contribution in [3.05, 3.63) is 30.3 Å². The SMILES string of the molecule is CS(=O)(=O)CCSCC[S@](=O)c1ccccc1. The number of rotatable bonds is 7. The van der Waals surface area contributed by atoms with Gasteiger partial charge in [-0.05, 0) is 12.1 Å². The van der Waals surface area contributed by atoms with Crippen molar-refractivity contribution in [3.63, 3.8) is 0 Å². The van der Waals surface area contributed by atoms with E-state index >= 15 is 0 Å². The number of thioether (sulfide) groups is 1. The van der Waals surface area contributed by atoms with E-state index in [0.717, 1.165) is 10.6 Å². The number of sulfone groups is 1. The molecule has 6 heteroatoms. The van der Waals surface area contributed by atoms with Crippen molar-refractivity contribution >= 4 is 32.4 Å². The van der Waals surface area contributed by atoms with Crippen LogP contribution in [0.15, 0.2) is 35.2 Å². The standard InChI is InChI=1S/C11H16O3S3/c1-17(13,14)10-8-15-7-9-16(12)11-5-3-2-4-6-11/h2-6H,7-10H2,1H3/t16-/m0/s1. The largest absolute Gasteiger partial charge is 0.254 e. The molecule has 0 bridgehead atoms. The third-order valence-corrected chi connectivity index (χ3v) is 5.84. The number of hydrogen-bond donors (Lipinski definition) is 0. The van der Waals surface area contributed by atoms with Gasteiger partial charge in [-0.3, -0.25) is 4.21 Å². The Hall–Kier alpha value is -0.330. The van der Waals surface area contributed by atoms with Gasteiger partial charge in [-0.1, -0.05) is 18.2 Å². The second-order valence-electron chi connectivity index (χ2n) is 3.60. The zero-order valence-corrected chi connectivity index (χ0v) is 12.1. The summed E-state index contributed by atoms with van der Waals surface area (Å²) in [5, 5.41) is 0. The van der Waals surface area contributed by atoms with Crippen LogP contribution in [0.5, 0.6) is 0 Å². The molecule has 0 aliphatic heterocycles. The Morgan fingerprint density at radius 3 is 2.41 bits per heavy atom. The molecule has 0 aromatic heterocycles. The molecule has 1 aromatic carbocycles. The van der Waals surface area contributed by atoms with Crippen molar-refractivity contribution in [3.8, 4) is 0 Å². The Bertz CT molecular complexity index is 454. The first kappa shape index (κ1) is 14.7. The number of benzene rings is 1. The fourth-order valence-electron chi connectivity index (χ4n) is 1.14. The molecule has 0 radical (unpaired) electrons. The molecule has 0 fully saturated rings. The van der Waals surface area contributed by atoms with Gasteiger partial charge in [0.2, 0.25) is 0 Å². The maximum atomic E-state index is 11.8. The van der Waals surface area contributed by atoms with E-state index in [4.69, 9.17) is 0 Å². The first-order valence-corrected chi connectivity index (χ1v) is 9.71. The molecule has 0 aliphatic rings. The highest BCUT2D eigenvalue weighted by atomic mass is 32.2. The minimum absolute atomic E-state index is 0.190. The molecule has 0 saturated carbocycles. The van der Waals surface area contributed by atoms with E-state index in [9.17, 15) is 12.6 Å². The molecule has 96 valence electrons. The van der Waals surface area contributed by atoms with Crippen LogP contribution in [0.1, 0.15) is 0 Å². The van der Waals surface area contributed by atoms with E-state index in [2.05, 4.69) is 0 Å². The molecule has 17 heavy (non-hydrogen) atoms. The van der Waals surface area contributed by atoms with Gasteiger partial charge in [-0.2, -0.15) is 11.8 Å². The van der Waals surface area contributed by atoms with E-state index in [0.29, 0.717) is 11.5 Å². The van der Waals surface area contributed by atoms with Gasteiger partial charge in [0, 0.05) is 28.4 Å². The Morgan fingerprint density at radius 1 is 1.18 bits per heavy atom. The molecular formula is C11H16O3S3. The van der Waals surface area contributed by atoms with E-state index in [1.807, 2.05) is 30.3 Å².